The number of carbonyl (C=O) groups is 3. The van der Waals surface area contributed by atoms with E-state index < -0.39 is 6.04 Å². The van der Waals surface area contributed by atoms with Crippen LogP contribution in [0.15, 0.2) is 6.20 Å². The molecule has 9 heteroatoms. The molecule has 1 aromatic heterocycles. The first-order chi connectivity index (χ1) is 12.4. The lowest BCUT2D eigenvalue weighted by Crippen LogP contribution is -2.46. The number of likely N-dealkylation sites (tertiary alicyclic amines) is 1. The van der Waals surface area contributed by atoms with E-state index in [9.17, 15) is 14.4 Å². The molecule has 26 heavy (non-hydrogen) atoms. The molecular formula is C17H27N5O4. The maximum Gasteiger partial charge on any atom is 0.255 e. The maximum absolute atomic E-state index is 12.5. The van der Waals surface area contributed by atoms with Gasteiger partial charge in [-0.15, -0.1) is 0 Å². The van der Waals surface area contributed by atoms with Crippen LogP contribution < -0.4 is 10.6 Å². The summed E-state index contributed by atoms with van der Waals surface area (Å²) in [7, 11) is 3.28. The number of amides is 3. The number of nitrogens with one attached hydrogen (secondary N) is 2. The van der Waals surface area contributed by atoms with Crippen molar-refractivity contribution in [1.29, 1.82) is 0 Å². The maximum atomic E-state index is 12.5. The minimum absolute atomic E-state index is 0.155. The van der Waals surface area contributed by atoms with Crippen molar-refractivity contribution in [3.63, 3.8) is 0 Å². The van der Waals surface area contributed by atoms with Gasteiger partial charge in [0.1, 0.15) is 6.04 Å². The SMILES string of the molecule is CCNC(=O)[C@@H]1C[C@H](NC(=O)c2cn(C)nc2C)CN1C(=O)CCOC. The Bertz CT molecular complexity index is 672. The van der Waals surface area contributed by atoms with E-state index in [2.05, 4.69) is 15.7 Å². The number of carbonyl (C=O) groups excluding carboxylic acids is 3. The van der Waals surface area contributed by atoms with Gasteiger partial charge in [0.05, 0.1) is 24.3 Å². The molecule has 0 radical (unpaired) electrons. The summed E-state index contributed by atoms with van der Waals surface area (Å²) in [5, 5.41) is 9.84. The molecule has 2 rings (SSSR count). The molecule has 2 N–H and O–H groups in total. The van der Waals surface area contributed by atoms with Crippen molar-refractivity contribution in [2.45, 2.75) is 38.8 Å². The Kier molecular flexibility index (Phi) is 6.73. The van der Waals surface area contributed by atoms with Crippen LogP contribution in [0.4, 0.5) is 0 Å². The van der Waals surface area contributed by atoms with Crippen LogP contribution in [0.1, 0.15) is 35.8 Å². The molecule has 1 aliphatic rings. The highest BCUT2D eigenvalue weighted by molar-refractivity contribution is 5.95. The highest BCUT2D eigenvalue weighted by Crippen LogP contribution is 2.20. The van der Waals surface area contributed by atoms with Crippen LogP contribution in [0.2, 0.25) is 0 Å². The van der Waals surface area contributed by atoms with E-state index in [1.54, 1.807) is 24.9 Å². The number of rotatable bonds is 7. The average Bonchev–Trinajstić information content (AvgIpc) is 3.15. The lowest BCUT2D eigenvalue weighted by Gasteiger charge is -2.23. The highest BCUT2D eigenvalue weighted by Gasteiger charge is 2.39. The van der Waals surface area contributed by atoms with Crippen LogP contribution in [-0.2, 0) is 21.4 Å². The Morgan fingerprint density at radius 1 is 1.38 bits per heavy atom. The normalized spacial score (nSPS) is 19.5. The molecule has 1 saturated heterocycles. The van der Waals surface area contributed by atoms with E-state index in [0.717, 1.165) is 0 Å². The first kappa shape index (κ1) is 19.9. The Morgan fingerprint density at radius 2 is 2.12 bits per heavy atom. The van der Waals surface area contributed by atoms with Gasteiger partial charge in [-0.25, -0.2) is 0 Å². The third-order valence-electron chi connectivity index (χ3n) is 4.39. The van der Waals surface area contributed by atoms with Gasteiger partial charge in [0.25, 0.3) is 5.91 Å². The molecule has 9 nitrogen and oxygen atoms in total. The predicted molar refractivity (Wildman–Crippen MR) is 94.5 cm³/mol. The molecule has 2 heterocycles. The lowest BCUT2D eigenvalue weighted by molar-refractivity contribution is -0.139. The second-order valence-corrected chi connectivity index (χ2v) is 6.41. The van der Waals surface area contributed by atoms with Crippen LogP contribution >= 0.6 is 0 Å². The third-order valence-corrected chi connectivity index (χ3v) is 4.39. The number of aryl methyl sites for hydroxylation is 2. The molecule has 2 atom stereocenters. The summed E-state index contributed by atoms with van der Waals surface area (Å²) in [5.41, 5.74) is 1.13. The van der Waals surface area contributed by atoms with Gasteiger partial charge in [-0.1, -0.05) is 0 Å². The van der Waals surface area contributed by atoms with Crippen LogP contribution in [0.25, 0.3) is 0 Å². The third kappa shape index (κ3) is 4.60. The van der Waals surface area contributed by atoms with Crippen molar-refractivity contribution >= 4 is 17.7 Å². The zero-order chi connectivity index (χ0) is 19.3. The second kappa shape index (κ2) is 8.79. The van der Waals surface area contributed by atoms with Gasteiger partial charge in [-0.2, -0.15) is 5.10 Å². The largest absolute Gasteiger partial charge is 0.384 e. The number of aromatic nitrogens is 2. The standard InChI is InChI=1S/C17H27N5O4/c1-5-18-17(25)14-8-12(9-22(14)15(23)6-7-26-4)19-16(24)13-10-21(3)20-11(13)2/h10,12,14H,5-9H2,1-4H3,(H,18,25)(H,19,24)/t12-,14-/m0/s1. The number of hydrogen-bond donors (Lipinski definition) is 2. The van der Waals surface area contributed by atoms with E-state index in [-0.39, 0.29) is 30.2 Å². The predicted octanol–water partition coefficient (Wildman–Crippen LogP) is -0.400. The first-order valence-corrected chi connectivity index (χ1v) is 8.74. The highest BCUT2D eigenvalue weighted by atomic mass is 16.5. The quantitative estimate of drug-likeness (QED) is 0.684. The monoisotopic (exact) mass is 365 g/mol. The summed E-state index contributed by atoms with van der Waals surface area (Å²) in [6.07, 6.45) is 2.24. The van der Waals surface area contributed by atoms with Crippen molar-refractivity contribution in [2.75, 3.05) is 26.8 Å². The van der Waals surface area contributed by atoms with Gasteiger partial charge >= 0.3 is 0 Å². The molecule has 3 amide bonds. The number of methoxy groups -OCH3 is 1. The summed E-state index contributed by atoms with van der Waals surface area (Å²) < 4.78 is 6.53. The van der Waals surface area contributed by atoms with E-state index in [1.807, 2.05) is 6.92 Å². The number of nitrogens with zero attached hydrogens (tertiary/aromatic N) is 3. The Labute approximate surface area is 153 Å². The fourth-order valence-corrected chi connectivity index (χ4v) is 3.18. The second-order valence-electron chi connectivity index (χ2n) is 6.41. The van der Waals surface area contributed by atoms with Gasteiger partial charge in [0, 0.05) is 39.5 Å². The van der Waals surface area contributed by atoms with E-state index in [1.165, 1.54) is 12.0 Å². The molecule has 1 aliphatic heterocycles. The van der Waals surface area contributed by atoms with Crippen molar-refractivity contribution in [2.24, 2.45) is 7.05 Å². The van der Waals surface area contributed by atoms with Gasteiger partial charge < -0.3 is 20.3 Å². The molecule has 144 valence electrons. The lowest BCUT2D eigenvalue weighted by atomic mass is 10.1. The molecule has 0 unspecified atom stereocenters. The molecule has 0 aromatic carbocycles. The molecular weight excluding hydrogens is 338 g/mol. The smallest absolute Gasteiger partial charge is 0.255 e. The molecule has 1 fully saturated rings. The summed E-state index contributed by atoms with van der Waals surface area (Å²) >= 11 is 0. The number of hydrogen-bond acceptors (Lipinski definition) is 5. The zero-order valence-electron chi connectivity index (χ0n) is 15.7. The topological polar surface area (TPSA) is 106 Å². The Hall–Kier alpha value is -2.42. The van der Waals surface area contributed by atoms with Gasteiger partial charge in [0.15, 0.2) is 0 Å². The molecule has 0 aliphatic carbocycles. The minimum Gasteiger partial charge on any atom is -0.384 e. The van der Waals surface area contributed by atoms with Crippen LogP contribution in [0, 0.1) is 6.92 Å². The summed E-state index contributed by atoms with van der Waals surface area (Å²) in [4.78, 5) is 38.8. The fraction of sp³-hybridized carbons (Fsp3) is 0.647. The molecule has 0 saturated carbocycles. The number of likely N-dealkylation sites (N-methyl/N-ethyl adjacent to an activating group) is 1. The van der Waals surface area contributed by atoms with E-state index in [0.29, 0.717) is 37.4 Å². The Morgan fingerprint density at radius 3 is 2.69 bits per heavy atom. The average molecular weight is 365 g/mol. The van der Waals surface area contributed by atoms with E-state index >= 15 is 0 Å². The zero-order valence-corrected chi connectivity index (χ0v) is 15.7. The van der Waals surface area contributed by atoms with E-state index in [4.69, 9.17) is 4.74 Å². The van der Waals surface area contributed by atoms with Gasteiger partial charge in [-0.05, 0) is 20.3 Å². The minimum atomic E-state index is -0.584. The van der Waals surface area contributed by atoms with Crippen LogP contribution in [-0.4, -0.2) is 71.3 Å². The Balaban J connectivity index is 2.08. The van der Waals surface area contributed by atoms with Crippen molar-refractivity contribution in [1.82, 2.24) is 25.3 Å². The fourth-order valence-electron chi connectivity index (χ4n) is 3.18. The van der Waals surface area contributed by atoms with Crippen LogP contribution in [0.5, 0.6) is 0 Å². The molecule has 0 spiro atoms. The first-order valence-electron chi connectivity index (χ1n) is 8.74. The number of ether oxygens (including phenoxy) is 1. The van der Waals surface area contributed by atoms with Crippen molar-refractivity contribution in [3.8, 4) is 0 Å². The molecule has 1 aromatic rings. The van der Waals surface area contributed by atoms with Gasteiger partial charge in [-0.3, -0.25) is 19.1 Å². The summed E-state index contributed by atoms with van der Waals surface area (Å²) in [5.74, 6) is -0.605. The molecule has 0 bridgehead atoms. The summed E-state index contributed by atoms with van der Waals surface area (Å²) in [6.45, 7) is 4.68. The van der Waals surface area contributed by atoms with Crippen molar-refractivity contribution < 1.29 is 19.1 Å². The van der Waals surface area contributed by atoms with Crippen molar-refractivity contribution in [3.05, 3.63) is 17.5 Å². The van der Waals surface area contributed by atoms with Gasteiger partial charge in [0.2, 0.25) is 11.8 Å². The van der Waals surface area contributed by atoms with Crippen LogP contribution in [0.3, 0.4) is 0 Å². The summed E-state index contributed by atoms with van der Waals surface area (Å²) in [6, 6.07) is -0.874.